The molecule has 0 saturated heterocycles. The first-order valence-corrected chi connectivity index (χ1v) is 9.48. The van der Waals surface area contributed by atoms with Crippen LogP contribution >= 0.6 is 0 Å². The molecule has 1 amide bonds. The molecule has 0 aliphatic heterocycles. The van der Waals surface area contributed by atoms with Crippen LogP contribution < -0.4 is 10.5 Å². The molecule has 2 aromatic heterocycles. The minimum Gasteiger partial charge on any atom is -0.466 e. The molecule has 0 saturated carbocycles. The van der Waals surface area contributed by atoms with Crippen LogP contribution in [0.5, 0.6) is 5.88 Å². The first-order valence-electron chi connectivity index (χ1n) is 9.48. The molecule has 3 rings (SSSR count). The van der Waals surface area contributed by atoms with Gasteiger partial charge in [0.05, 0.1) is 18.4 Å². The van der Waals surface area contributed by atoms with Crippen molar-refractivity contribution in [3.05, 3.63) is 64.6 Å². The van der Waals surface area contributed by atoms with Gasteiger partial charge < -0.3 is 19.6 Å². The van der Waals surface area contributed by atoms with Crippen LogP contribution in [0.4, 0.5) is 0 Å². The third kappa shape index (κ3) is 4.03. The smallest absolute Gasteiger partial charge is 0.343 e. The van der Waals surface area contributed by atoms with E-state index < -0.39 is 17.7 Å². The number of nitrogens with two attached hydrogens (primary N) is 1. The number of Topliss-reactive ketones (excluding diaryl/α,β-unsaturated/α-hetero) is 1. The Labute approximate surface area is 173 Å². The summed E-state index contributed by atoms with van der Waals surface area (Å²) >= 11 is 0. The quantitative estimate of drug-likeness (QED) is 0.346. The van der Waals surface area contributed by atoms with Crippen molar-refractivity contribution in [3.63, 3.8) is 0 Å². The van der Waals surface area contributed by atoms with Gasteiger partial charge in [0.1, 0.15) is 5.52 Å². The van der Waals surface area contributed by atoms with Crippen LogP contribution in [0.15, 0.2) is 36.5 Å². The lowest BCUT2D eigenvalue weighted by atomic mass is 9.99. The van der Waals surface area contributed by atoms with E-state index in [9.17, 15) is 14.4 Å². The molecule has 3 aromatic rings. The van der Waals surface area contributed by atoms with Gasteiger partial charge >= 0.3 is 5.97 Å². The van der Waals surface area contributed by atoms with Crippen molar-refractivity contribution in [2.45, 2.75) is 26.7 Å². The van der Waals surface area contributed by atoms with E-state index in [-0.39, 0.29) is 18.1 Å². The Morgan fingerprint density at radius 2 is 1.87 bits per heavy atom. The molecule has 0 radical (unpaired) electrons. The van der Waals surface area contributed by atoms with Crippen molar-refractivity contribution in [2.75, 3.05) is 13.7 Å². The third-order valence-corrected chi connectivity index (χ3v) is 4.79. The van der Waals surface area contributed by atoms with E-state index in [1.807, 2.05) is 37.3 Å². The molecular weight excluding hydrogens is 386 g/mol. The molecule has 0 atom stereocenters. The molecule has 0 spiro atoms. The molecule has 0 aliphatic carbocycles. The predicted octanol–water partition coefficient (Wildman–Crippen LogP) is 2.02. The lowest BCUT2D eigenvalue weighted by molar-refractivity contribution is -0.143. The van der Waals surface area contributed by atoms with Crippen LogP contribution in [0.2, 0.25) is 0 Å². The number of nitrogens with zero attached hydrogens (tertiary/aromatic N) is 2. The summed E-state index contributed by atoms with van der Waals surface area (Å²) in [6.45, 7) is 3.29. The molecule has 0 fully saturated rings. The molecule has 0 unspecified atom stereocenters. The van der Waals surface area contributed by atoms with Crippen molar-refractivity contribution < 1.29 is 23.9 Å². The number of hydrogen-bond acceptors (Lipinski definition) is 6. The summed E-state index contributed by atoms with van der Waals surface area (Å²) in [6, 6.07) is 9.76. The van der Waals surface area contributed by atoms with E-state index in [1.54, 1.807) is 17.5 Å². The largest absolute Gasteiger partial charge is 0.466 e. The zero-order chi connectivity index (χ0) is 21.8. The first kappa shape index (κ1) is 21.0. The van der Waals surface area contributed by atoms with E-state index in [0.29, 0.717) is 29.6 Å². The monoisotopic (exact) mass is 409 g/mol. The van der Waals surface area contributed by atoms with E-state index in [2.05, 4.69) is 9.72 Å². The Morgan fingerprint density at radius 1 is 1.17 bits per heavy atom. The molecule has 30 heavy (non-hydrogen) atoms. The van der Waals surface area contributed by atoms with E-state index in [0.717, 1.165) is 11.3 Å². The zero-order valence-electron chi connectivity index (χ0n) is 17.1. The summed E-state index contributed by atoms with van der Waals surface area (Å²) in [4.78, 5) is 40.5. The highest BCUT2D eigenvalue weighted by Crippen LogP contribution is 2.32. The fraction of sp³-hybridized carbons (Fsp3) is 0.273. The summed E-state index contributed by atoms with van der Waals surface area (Å²) in [5.41, 5.74) is 8.99. The number of fused-ring (bicyclic) bond motifs is 1. The van der Waals surface area contributed by atoms with Gasteiger partial charge in [0.2, 0.25) is 5.88 Å². The summed E-state index contributed by atoms with van der Waals surface area (Å²) in [7, 11) is 1.25. The topological polar surface area (TPSA) is 113 Å². The van der Waals surface area contributed by atoms with Crippen LogP contribution in [-0.2, 0) is 27.2 Å². The predicted molar refractivity (Wildman–Crippen MR) is 110 cm³/mol. The van der Waals surface area contributed by atoms with E-state index in [4.69, 9.17) is 10.5 Å². The molecular formula is C22H23N3O5. The maximum Gasteiger partial charge on any atom is 0.343 e. The van der Waals surface area contributed by atoms with Gasteiger partial charge in [0.25, 0.3) is 11.7 Å². The number of aromatic nitrogens is 2. The molecule has 0 bridgehead atoms. The molecule has 2 N–H and O–H groups in total. The number of esters is 1. The van der Waals surface area contributed by atoms with Crippen LogP contribution in [0.3, 0.4) is 0 Å². The van der Waals surface area contributed by atoms with Crippen molar-refractivity contribution in [2.24, 2.45) is 5.73 Å². The van der Waals surface area contributed by atoms with E-state index >= 15 is 0 Å². The Hall–Kier alpha value is -3.68. The molecule has 8 nitrogen and oxygen atoms in total. The van der Waals surface area contributed by atoms with Gasteiger partial charge in [-0.2, -0.15) is 0 Å². The fourth-order valence-electron chi connectivity index (χ4n) is 3.49. The number of benzene rings is 1. The number of amides is 1. The second-order valence-corrected chi connectivity index (χ2v) is 6.78. The van der Waals surface area contributed by atoms with Crippen LogP contribution in [0.1, 0.15) is 39.8 Å². The van der Waals surface area contributed by atoms with Gasteiger partial charge in [0.15, 0.2) is 6.61 Å². The number of primary amides is 1. The highest BCUT2D eigenvalue weighted by molar-refractivity contribution is 6.44. The zero-order valence-corrected chi connectivity index (χ0v) is 17.1. The summed E-state index contributed by atoms with van der Waals surface area (Å²) in [5, 5.41) is 0. The molecule has 2 heterocycles. The average molecular weight is 409 g/mol. The average Bonchev–Trinajstić information content (AvgIpc) is 3.04. The number of ketones is 1. The Bertz CT molecular complexity index is 1120. The number of ether oxygens (including phenoxy) is 2. The van der Waals surface area contributed by atoms with Crippen LogP contribution in [0.25, 0.3) is 5.52 Å². The number of carbonyl (C=O) groups is 3. The van der Waals surface area contributed by atoms with Gasteiger partial charge in [0, 0.05) is 18.3 Å². The lowest BCUT2D eigenvalue weighted by Crippen LogP contribution is -2.24. The maximum absolute atomic E-state index is 12.8. The Kier molecular flexibility index (Phi) is 6.15. The molecule has 0 aliphatic rings. The number of hydrogen-bond donors (Lipinski definition) is 1. The number of rotatable bonds is 8. The van der Waals surface area contributed by atoms with Gasteiger partial charge in [-0.15, -0.1) is 0 Å². The number of carbonyl (C=O) groups excluding carboxylic acids is 3. The van der Waals surface area contributed by atoms with Crippen molar-refractivity contribution in [1.29, 1.82) is 0 Å². The summed E-state index contributed by atoms with van der Waals surface area (Å²) in [6.07, 6.45) is 2.79. The van der Waals surface area contributed by atoms with Crippen molar-refractivity contribution in [3.8, 4) is 5.88 Å². The summed E-state index contributed by atoms with van der Waals surface area (Å²) in [5.74, 6) is -2.41. The van der Waals surface area contributed by atoms with Crippen LogP contribution in [0, 0.1) is 6.92 Å². The van der Waals surface area contributed by atoms with E-state index in [1.165, 1.54) is 7.11 Å². The highest BCUT2D eigenvalue weighted by atomic mass is 16.6. The SMILES string of the molecule is CCc1c(C(=O)C(N)=O)c2c(OCC(=O)OC)nc(C)cn2c1Cc1ccccc1. The normalized spacial score (nSPS) is 10.8. The summed E-state index contributed by atoms with van der Waals surface area (Å²) < 4.78 is 12.0. The standard InChI is InChI=1S/C22H23N3O5/c1-4-15-16(10-14-8-6-5-7-9-14)25-11-13(2)24-22(30-12-17(26)29-3)19(25)18(15)20(27)21(23)28/h5-9,11H,4,10,12H2,1-3H3,(H2,23,28). The van der Waals surface area contributed by atoms with Crippen LogP contribution in [-0.4, -0.2) is 40.8 Å². The van der Waals surface area contributed by atoms with Crippen molar-refractivity contribution in [1.82, 2.24) is 9.38 Å². The second-order valence-electron chi connectivity index (χ2n) is 6.78. The fourth-order valence-corrected chi connectivity index (χ4v) is 3.49. The third-order valence-electron chi connectivity index (χ3n) is 4.79. The number of aryl methyl sites for hydroxylation is 1. The minimum absolute atomic E-state index is 0.0685. The van der Waals surface area contributed by atoms with Gasteiger partial charge in [-0.05, 0) is 24.5 Å². The van der Waals surface area contributed by atoms with Gasteiger partial charge in [-0.3, -0.25) is 9.59 Å². The maximum atomic E-state index is 12.8. The molecule has 156 valence electrons. The van der Waals surface area contributed by atoms with Gasteiger partial charge in [-0.1, -0.05) is 37.3 Å². The molecule has 8 heteroatoms. The minimum atomic E-state index is -1.07. The Balaban J connectivity index is 2.29. The Morgan fingerprint density at radius 3 is 2.47 bits per heavy atom. The highest BCUT2D eigenvalue weighted by Gasteiger charge is 2.29. The molecule has 1 aromatic carbocycles. The second kappa shape index (κ2) is 8.77. The van der Waals surface area contributed by atoms with Gasteiger partial charge in [-0.25, -0.2) is 9.78 Å². The lowest BCUT2D eigenvalue weighted by Gasteiger charge is -2.10. The first-order chi connectivity index (χ1) is 14.4. The van der Waals surface area contributed by atoms with Crippen molar-refractivity contribution >= 4 is 23.2 Å². The number of methoxy groups -OCH3 is 1.